The highest BCUT2D eigenvalue weighted by Crippen LogP contribution is 2.27. The predicted octanol–water partition coefficient (Wildman–Crippen LogP) is 7.78. The summed E-state index contributed by atoms with van der Waals surface area (Å²) in [5, 5.41) is 0. The Morgan fingerprint density at radius 1 is 0.645 bits per heavy atom. The summed E-state index contributed by atoms with van der Waals surface area (Å²) in [6, 6.07) is 26.8. The van der Waals surface area contributed by atoms with Crippen LogP contribution in [-0.4, -0.2) is 6.61 Å². The molecular weight excluding hydrogens is 380 g/mol. The SMILES string of the molecule is CC(C)(C)c1ccc(OC/C(=C/c2ccccc2)Oc2ccc(C(C)(C)C)cc2)cc1. The first-order chi connectivity index (χ1) is 14.6. The van der Waals surface area contributed by atoms with Gasteiger partial charge in [0.2, 0.25) is 0 Å². The topological polar surface area (TPSA) is 18.5 Å². The monoisotopic (exact) mass is 414 g/mol. The Labute approximate surface area is 187 Å². The zero-order valence-corrected chi connectivity index (χ0v) is 19.6. The van der Waals surface area contributed by atoms with E-state index in [1.54, 1.807) is 0 Å². The second-order valence-electron chi connectivity index (χ2n) is 9.96. The molecule has 0 saturated heterocycles. The van der Waals surface area contributed by atoms with Crippen LogP contribution >= 0.6 is 0 Å². The molecule has 0 aromatic heterocycles. The molecule has 2 heteroatoms. The van der Waals surface area contributed by atoms with Crippen LogP contribution in [0.25, 0.3) is 6.08 Å². The van der Waals surface area contributed by atoms with Gasteiger partial charge in [-0.1, -0.05) is 96.1 Å². The van der Waals surface area contributed by atoms with Gasteiger partial charge in [0.05, 0.1) is 0 Å². The van der Waals surface area contributed by atoms with Gasteiger partial charge in [-0.05, 0) is 57.9 Å². The molecule has 0 saturated carbocycles. The van der Waals surface area contributed by atoms with Gasteiger partial charge in [-0.2, -0.15) is 0 Å². The molecule has 2 nitrogen and oxygen atoms in total. The average molecular weight is 415 g/mol. The van der Waals surface area contributed by atoms with Crippen molar-refractivity contribution in [2.24, 2.45) is 0 Å². The maximum atomic E-state index is 6.22. The fourth-order valence-electron chi connectivity index (χ4n) is 3.22. The van der Waals surface area contributed by atoms with Gasteiger partial charge in [-0.25, -0.2) is 0 Å². The minimum atomic E-state index is 0.115. The van der Waals surface area contributed by atoms with Crippen LogP contribution < -0.4 is 9.47 Å². The Morgan fingerprint density at radius 3 is 1.61 bits per heavy atom. The molecule has 0 unspecified atom stereocenters. The minimum absolute atomic E-state index is 0.115. The van der Waals surface area contributed by atoms with Crippen LogP contribution in [0.2, 0.25) is 0 Å². The molecule has 0 amide bonds. The molecule has 0 aliphatic heterocycles. The van der Waals surface area contributed by atoms with Crippen LogP contribution in [-0.2, 0) is 10.8 Å². The second kappa shape index (κ2) is 9.43. The first-order valence-electron chi connectivity index (χ1n) is 10.9. The van der Waals surface area contributed by atoms with Crippen LogP contribution in [0.3, 0.4) is 0 Å². The molecule has 3 aromatic rings. The summed E-state index contributed by atoms with van der Waals surface area (Å²) in [6.45, 7) is 13.6. The molecular formula is C29H34O2. The lowest BCUT2D eigenvalue weighted by molar-refractivity contribution is 0.283. The van der Waals surface area contributed by atoms with Gasteiger partial charge in [0, 0.05) is 0 Å². The lowest BCUT2D eigenvalue weighted by Crippen LogP contribution is -2.12. The molecule has 162 valence electrons. The number of hydrogen-bond donors (Lipinski definition) is 0. The molecule has 0 fully saturated rings. The van der Waals surface area contributed by atoms with Crippen LogP contribution in [0, 0.1) is 0 Å². The van der Waals surface area contributed by atoms with Gasteiger partial charge < -0.3 is 9.47 Å². The van der Waals surface area contributed by atoms with E-state index in [9.17, 15) is 0 Å². The summed E-state index contributed by atoms with van der Waals surface area (Å²) in [4.78, 5) is 0. The highest BCUT2D eigenvalue weighted by Gasteiger charge is 2.14. The molecule has 0 spiro atoms. The Bertz CT molecular complexity index is 984. The number of benzene rings is 3. The Morgan fingerprint density at radius 2 is 1.13 bits per heavy atom. The summed E-state index contributed by atoms with van der Waals surface area (Å²) < 4.78 is 12.3. The minimum Gasteiger partial charge on any atom is -0.486 e. The van der Waals surface area contributed by atoms with Gasteiger partial charge in [0.15, 0.2) is 0 Å². The third-order valence-corrected chi connectivity index (χ3v) is 5.20. The van der Waals surface area contributed by atoms with Crippen molar-refractivity contribution in [2.75, 3.05) is 6.61 Å². The van der Waals surface area contributed by atoms with Crippen LogP contribution in [0.5, 0.6) is 11.5 Å². The largest absolute Gasteiger partial charge is 0.486 e. The van der Waals surface area contributed by atoms with Crippen molar-refractivity contribution < 1.29 is 9.47 Å². The molecule has 3 rings (SSSR count). The van der Waals surface area contributed by atoms with Crippen molar-refractivity contribution in [1.82, 2.24) is 0 Å². The summed E-state index contributed by atoms with van der Waals surface area (Å²) in [5.74, 6) is 2.40. The van der Waals surface area contributed by atoms with E-state index >= 15 is 0 Å². The van der Waals surface area contributed by atoms with E-state index in [-0.39, 0.29) is 10.8 Å². The Balaban J connectivity index is 1.76. The van der Waals surface area contributed by atoms with Gasteiger partial charge in [0.1, 0.15) is 23.9 Å². The van der Waals surface area contributed by atoms with E-state index in [1.165, 1.54) is 11.1 Å². The molecule has 0 N–H and O–H groups in total. The fraction of sp³-hybridized carbons (Fsp3) is 0.310. The normalized spacial score (nSPS) is 12.5. The standard InChI is InChI=1S/C29H34O2/c1-28(2,3)23-12-16-25(17-13-23)30-21-27(20-22-10-8-7-9-11-22)31-26-18-14-24(15-19-26)29(4,5)6/h7-20H,21H2,1-6H3/b27-20-. The second-order valence-corrected chi connectivity index (χ2v) is 9.96. The van der Waals surface area contributed by atoms with E-state index < -0.39 is 0 Å². The average Bonchev–Trinajstić information content (AvgIpc) is 2.72. The molecule has 0 bridgehead atoms. The summed E-state index contributed by atoms with van der Waals surface area (Å²) in [7, 11) is 0. The summed E-state index contributed by atoms with van der Waals surface area (Å²) >= 11 is 0. The molecule has 0 heterocycles. The van der Waals surface area contributed by atoms with E-state index in [2.05, 4.69) is 77.9 Å². The first kappa shape index (κ1) is 22.7. The Kier molecular flexibility index (Phi) is 6.90. The van der Waals surface area contributed by atoms with Crippen LogP contribution in [0.4, 0.5) is 0 Å². The maximum Gasteiger partial charge on any atom is 0.146 e. The van der Waals surface area contributed by atoms with Gasteiger partial charge >= 0.3 is 0 Å². The van der Waals surface area contributed by atoms with Crippen LogP contribution in [0.1, 0.15) is 58.2 Å². The lowest BCUT2D eigenvalue weighted by atomic mass is 9.87. The number of rotatable bonds is 6. The van der Waals surface area contributed by atoms with Gasteiger partial charge in [-0.15, -0.1) is 0 Å². The zero-order chi connectivity index (χ0) is 22.5. The molecule has 3 aromatic carbocycles. The molecule has 0 atom stereocenters. The van der Waals surface area contributed by atoms with E-state index in [1.807, 2.05) is 48.5 Å². The summed E-state index contributed by atoms with van der Waals surface area (Å²) in [5.41, 5.74) is 3.89. The van der Waals surface area contributed by atoms with Crippen molar-refractivity contribution in [3.05, 3.63) is 101 Å². The highest BCUT2D eigenvalue weighted by atomic mass is 16.5. The van der Waals surface area contributed by atoms with Gasteiger partial charge in [-0.3, -0.25) is 0 Å². The number of ether oxygens (including phenoxy) is 2. The van der Waals surface area contributed by atoms with E-state index in [4.69, 9.17) is 9.47 Å². The number of hydrogen-bond acceptors (Lipinski definition) is 2. The first-order valence-corrected chi connectivity index (χ1v) is 10.9. The molecule has 0 radical (unpaired) electrons. The van der Waals surface area contributed by atoms with E-state index in [0.29, 0.717) is 6.61 Å². The maximum absolute atomic E-state index is 6.22. The lowest BCUT2D eigenvalue weighted by Gasteiger charge is -2.20. The van der Waals surface area contributed by atoms with Crippen molar-refractivity contribution in [1.29, 1.82) is 0 Å². The van der Waals surface area contributed by atoms with Crippen molar-refractivity contribution in [3.8, 4) is 11.5 Å². The summed E-state index contributed by atoms with van der Waals surface area (Å²) in [6.07, 6.45) is 2.03. The smallest absolute Gasteiger partial charge is 0.146 e. The third kappa shape index (κ3) is 6.75. The van der Waals surface area contributed by atoms with Crippen molar-refractivity contribution in [3.63, 3.8) is 0 Å². The predicted molar refractivity (Wildman–Crippen MR) is 131 cm³/mol. The molecule has 0 aliphatic rings. The highest BCUT2D eigenvalue weighted by molar-refractivity contribution is 5.52. The van der Waals surface area contributed by atoms with Crippen LogP contribution in [0.15, 0.2) is 84.6 Å². The van der Waals surface area contributed by atoms with Crippen molar-refractivity contribution in [2.45, 2.75) is 52.4 Å². The van der Waals surface area contributed by atoms with Gasteiger partial charge in [0.25, 0.3) is 0 Å². The van der Waals surface area contributed by atoms with Crippen molar-refractivity contribution >= 4 is 6.08 Å². The molecule has 0 aliphatic carbocycles. The Hall–Kier alpha value is -3.00. The zero-order valence-electron chi connectivity index (χ0n) is 19.6. The molecule has 31 heavy (non-hydrogen) atoms. The fourth-order valence-corrected chi connectivity index (χ4v) is 3.22. The third-order valence-electron chi connectivity index (χ3n) is 5.20. The quantitative estimate of drug-likeness (QED) is 0.383. The van der Waals surface area contributed by atoms with E-state index in [0.717, 1.165) is 22.8 Å².